The van der Waals surface area contributed by atoms with E-state index in [1.807, 2.05) is 0 Å². The van der Waals surface area contributed by atoms with Gasteiger partial charge in [0.2, 0.25) is 0 Å². The van der Waals surface area contributed by atoms with E-state index in [0.717, 1.165) is 11.5 Å². The van der Waals surface area contributed by atoms with Crippen molar-refractivity contribution in [1.82, 2.24) is 0 Å². The van der Waals surface area contributed by atoms with Crippen molar-refractivity contribution >= 4 is 0 Å². The molecule has 0 spiro atoms. The van der Waals surface area contributed by atoms with E-state index < -0.39 is 0 Å². The van der Waals surface area contributed by atoms with Crippen molar-refractivity contribution in [2.75, 3.05) is 0 Å². The molecular weight excluding hydrogens is 376 g/mol. The maximum absolute atomic E-state index is 7.12. The molecule has 2 rings (SSSR count). The number of benzene rings is 2. The van der Waals surface area contributed by atoms with Crippen LogP contribution in [0.25, 0.3) is 0 Å². The third-order valence-corrected chi connectivity index (χ3v) is 5.90. The van der Waals surface area contributed by atoms with E-state index in [0.29, 0.717) is 0 Å². The summed E-state index contributed by atoms with van der Waals surface area (Å²) in [6.07, 6.45) is 0. The fourth-order valence-corrected chi connectivity index (χ4v) is 4.10. The van der Waals surface area contributed by atoms with Gasteiger partial charge in [0.05, 0.1) is 0 Å². The molecule has 2 aromatic carbocycles. The topological polar surface area (TPSA) is 9.23 Å². The van der Waals surface area contributed by atoms with Crippen molar-refractivity contribution in [1.29, 1.82) is 0 Å². The largest absolute Gasteiger partial charge is 0.456 e. The van der Waals surface area contributed by atoms with Crippen LogP contribution in [0.3, 0.4) is 0 Å². The minimum Gasteiger partial charge on any atom is -0.456 e. The van der Waals surface area contributed by atoms with Gasteiger partial charge < -0.3 is 4.74 Å². The Bertz CT molecular complexity index is 798. The lowest BCUT2D eigenvalue weighted by atomic mass is 9.77. The third kappa shape index (κ3) is 5.73. The molecule has 1 nitrogen and oxygen atoms in total. The van der Waals surface area contributed by atoms with E-state index in [2.05, 4.69) is 121 Å². The Hall–Kier alpha value is -1.76. The zero-order chi connectivity index (χ0) is 24.2. The molecule has 0 aliphatic heterocycles. The van der Waals surface area contributed by atoms with Crippen LogP contribution >= 0.6 is 0 Å². The summed E-state index contributed by atoms with van der Waals surface area (Å²) in [5, 5.41) is 0. The Morgan fingerprint density at radius 2 is 0.613 bits per heavy atom. The average Bonchev–Trinajstić information content (AvgIpc) is 2.53. The van der Waals surface area contributed by atoms with Gasteiger partial charge in [-0.3, -0.25) is 0 Å². The van der Waals surface area contributed by atoms with Gasteiger partial charge in [-0.2, -0.15) is 0 Å². The summed E-state index contributed by atoms with van der Waals surface area (Å²) in [6, 6.07) is 9.25. The SMILES string of the molecule is Cc1cc(C(C)(C)C)c(Oc2c(C(C)(C)C)cc(C)cc2C(C)(C)C)c(C(C)(C)C)c1. The van der Waals surface area contributed by atoms with Gasteiger partial charge in [-0.1, -0.05) is 118 Å². The van der Waals surface area contributed by atoms with Crippen LogP contribution in [0.2, 0.25) is 0 Å². The van der Waals surface area contributed by atoms with Gasteiger partial charge in [0.25, 0.3) is 0 Å². The summed E-state index contributed by atoms with van der Waals surface area (Å²) in [5.41, 5.74) is 7.61. The standard InChI is InChI=1S/C30H46O/c1-19-15-21(27(3,4)5)25(22(16-19)28(6,7)8)31-26-23(29(9,10)11)17-20(2)18-24(26)30(12,13)14/h15-18H,1-14H3. The van der Waals surface area contributed by atoms with Crippen LogP contribution in [-0.2, 0) is 21.7 Å². The molecule has 0 bridgehead atoms. The van der Waals surface area contributed by atoms with Crippen LogP contribution in [0.1, 0.15) is 116 Å². The van der Waals surface area contributed by atoms with Crippen LogP contribution < -0.4 is 4.74 Å². The van der Waals surface area contributed by atoms with E-state index in [4.69, 9.17) is 4.74 Å². The van der Waals surface area contributed by atoms with E-state index in [9.17, 15) is 0 Å². The van der Waals surface area contributed by atoms with Crippen LogP contribution in [0.4, 0.5) is 0 Å². The Kier molecular flexibility index (Phi) is 6.57. The molecule has 0 aromatic heterocycles. The molecule has 172 valence electrons. The molecule has 0 heterocycles. The Labute approximate surface area is 192 Å². The molecule has 1 heteroatoms. The summed E-state index contributed by atoms with van der Waals surface area (Å²) in [6.45, 7) is 31.8. The number of aryl methyl sites for hydroxylation is 2. The molecule has 0 fully saturated rings. The molecular formula is C30H46O. The minimum atomic E-state index is -0.0180. The predicted octanol–water partition coefficient (Wildman–Crippen LogP) is 9.29. The van der Waals surface area contributed by atoms with Crippen LogP contribution in [-0.4, -0.2) is 0 Å². The second-order valence-corrected chi connectivity index (χ2v) is 13.5. The molecule has 0 radical (unpaired) electrons. The Morgan fingerprint density at radius 1 is 0.419 bits per heavy atom. The van der Waals surface area contributed by atoms with Gasteiger partial charge in [-0.15, -0.1) is 0 Å². The maximum atomic E-state index is 7.12. The minimum absolute atomic E-state index is 0.0180. The van der Waals surface area contributed by atoms with Crippen LogP contribution in [0.15, 0.2) is 24.3 Å². The molecule has 0 aliphatic rings. The van der Waals surface area contributed by atoms with Crippen LogP contribution in [0.5, 0.6) is 11.5 Å². The van der Waals surface area contributed by atoms with Crippen molar-refractivity contribution in [2.45, 2.75) is 119 Å². The first-order valence-electron chi connectivity index (χ1n) is 11.7. The highest BCUT2D eigenvalue weighted by molar-refractivity contribution is 5.57. The highest BCUT2D eigenvalue weighted by Gasteiger charge is 2.32. The molecule has 0 unspecified atom stereocenters. The fourth-order valence-electron chi connectivity index (χ4n) is 4.10. The average molecular weight is 423 g/mol. The smallest absolute Gasteiger partial charge is 0.134 e. The lowest BCUT2D eigenvalue weighted by molar-refractivity contribution is 0.403. The highest BCUT2D eigenvalue weighted by atomic mass is 16.5. The summed E-state index contributed by atoms with van der Waals surface area (Å²) < 4.78 is 7.12. The molecule has 0 N–H and O–H groups in total. The first-order chi connectivity index (χ1) is 13.7. The fraction of sp³-hybridized carbons (Fsp3) is 0.600. The quantitative estimate of drug-likeness (QED) is 0.468. The molecule has 0 amide bonds. The molecule has 2 aromatic rings. The van der Waals surface area contributed by atoms with Gasteiger partial charge in [0.1, 0.15) is 11.5 Å². The predicted molar refractivity (Wildman–Crippen MR) is 137 cm³/mol. The first-order valence-corrected chi connectivity index (χ1v) is 11.7. The highest BCUT2D eigenvalue weighted by Crippen LogP contribution is 2.47. The van der Waals surface area contributed by atoms with Crippen molar-refractivity contribution in [2.24, 2.45) is 0 Å². The van der Waals surface area contributed by atoms with Crippen molar-refractivity contribution in [3.8, 4) is 11.5 Å². The summed E-state index contributed by atoms with van der Waals surface area (Å²) in [5.74, 6) is 2.07. The molecule has 0 atom stereocenters. The Morgan fingerprint density at radius 3 is 0.774 bits per heavy atom. The van der Waals surface area contributed by atoms with E-state index in [1.54, 1.807) is 0 Å². The zero-order valence-corrected chi connectivity index (χ0v) is 22.7. The van der Waals surface area contributed by atoms with Gasteiger partial charge >= 0.3 is 0 Å². The Balaban J connectivity index is 2.98. The van der Waals surface area contributed by atoms with Crippen LogP contribution in [0, 0.1) is 13.8 Å². The number of rotatable bonds is 2. The third-order valence-electron chi connectivity index (χ3n) is 5.90. The second kappa shape index (κ2) is 7.98. The normalized spacial score (nSPS) is 13.5. The second-order valence-electron chi connectivity index (χ2n) is 13.5. The summed E-state index contributed by atoms with van der Waals surface area (Å²) in [4.78, 5) is 0. The molecule has 0 saturated heterocycles. The number of hydrogen-bond donors (Lipinski definition) is 0. The first kappa shape index (κ1) is 25.5. The lowest BCUT2D eigenvalue weighted by Gasteiger charge is -2.34. The van der Waals surface area contributed by atoms with E-state index in [-0.39, 0.29) is 21.7 Å². The number of ether oxygens (including phenoxy) is 1. The number of hydrogen-bond acceptors (Lipinski definition) is 1. The molecule has 0 saturated carbocycles. The molecule has 31 heavy (non-hydrogen) atoms. The van der Waals surface area contributed by atoms with Crippen molar-refractivity contribution < 1.29 is 4.74 Å². The van der Waals surface area contributed by atoms with Gasteiger partial charge in [0, 0.05) is 22.3 Å². The molecule has 0 aliphatic carbocycles. The monoisotopic (exact) mass is 422 g/mol. The van der Waals surface area contributed by atoms with Gasteiger partial charge in [-0.05, 0) is 35.5 Å². The van der Waals surface area contributed by atoms with E-state index in [1.165, 1.54) is 33.4 Å². The van der Waals surface area contributed by atoms with Gasteiger partial charge in [0.15, 0.2) is 0 Å². The van der Waals surface area contributed by atoms with Crippen molar-refractivity contribution in [3.63, 3.8) is 0 Å². The van der Waals surface area contributed by atoms with Gasteiger partial charge in [-0.25, -0.2) is 0 Å². The maximum Gasteiger partial charge on any atom is 0.134 e. The van der Waals surface area contributed by atoms with E-state index >= 15 is 0 Å². The zero-order valence-electron chi connectivity index (χ0n) is 22.7. The lowest BCUT2D eigenvalue weighted by Crippen LogP contribution is -2.22. The summed E-state index contributed by atoms with van der Waals surface area (Å²) in [7, 11) is 0. The summed E-state index contributed by atoms with van der Waals surface area (Å²) >= 11 is 0. The van der Waals surface area contributed by atoms with Crippen molar-refractivity contribution in [3.05, 3.63) is 57.6 Å².